The van der Waals surface area contributed by atoms with Crippen LogP contribution in [0.4, 0.5) is 0 Å². The van der Waals surface area contributed by atoms with Gasteiger partial charge in [0.1, 0.15) is 17.9 Å². The lowest BCUT2D eigenvalue weighted by molar-refractivity contribution is -0.132. The first-order chi connectivity index (χ1) is 15.4. The fourth-order valence-corrected chi connectivity index (χ4v) is 4.35. The second-order valence-electron chi connectivity index (χ2n) is 7.86. The highest BCUT2D eigenvalue weighted by molar-refractivity contribution is 7.89. The quantitative estimate of drug-likeness (QED) is 0.158. The molecule has 11 nitrogen and oxygen atoms in total. The standard InChI is InChI=1S/C21H34N6O5S.H2/c1-4-10-33(31,32)27-18(13(3)5-2)21(30)26-16(11-17(22)28)20(29)25-12-14-6-8-15(9-7-14)19(23)24;/h6-9,13,16,18,27H,4-5,10-12H2,1-3H3,(H2,22,28)(H3,23,24)(H,25,29)(H,26,30);1H/t13?,16-,18+;/m0./s1. The van der Waals surface area contributed by atoms with Crippen LogP contribution in [0.1, 0.15) is 52.6 Å². The van der Waals surface area contributed by atoms with E-state index in [2.05, 4.69) is 15.4 Å². The molecule has 186 valence electrons. The molecular formula is C21H36N6O5S. The highest BCUT2D eigenvalue weighted by atomic mass is 32.2. The van der Waals surface area contributed by atoms with Crippen molar-refractivity contribution in [1.82, 2.24) is 15.4 Å². The number of amidine groups is 1. The SMILES string of the molecule is CCCS(=O)(=O)N[C@@H](C(=O)N[C@@H](CC(N)=O)C(=O)NCc1ccc(C(=N)N)cc1)C(C)CC.[HH]. The predicted octanol–water partition coefficient (Wildman–Crippen LogP) is -0.0628. The number of nitrogen functional groups attached to an aromatic ring is 1. The molecule has 0 spiro atoms. The first-order valence-corrected chi connectivity index (χ1v) is 12.3. The average molecular weight is 485 g/mol. The normalized spacial score (nSPS) is 14.0. The zero-order valence-corrected chi connectivity index (χ0v) is 20.0. The summed E-state index contributed by atoms with van der Waals surface area (Å²) >= 11 is 0. The Morgan fingerprint density at radius 2 is 1.70 bits per heavy atom. The molecule has 1 aromatic rings. The number of hydrogen-bond donors (Lipinski definition) is 6. The lowest BCUT2D eigenvalue weighted by Crippen LogP contribution is -2.56. The van der Waals surface area contributed by atoms with Crippen LogP contribution in [0.25, 0.3) is 0 Å². The minimum atomic E-state index is -3.69. The number of primary amides is 1. The summed E-state index contributed by atoms with van der Waals surface area (Å²) in [6, 6.07) is 4.25. The van der Waals surface area contributed by atoms with Crippen LogP contribution in [-0.2, 0) is 31.0 Å². The van der Waals surface area contributed by atoms with Crippen molar-refractivity contribution in [2.24, 2.45) is 17.4 Å². The Kier molecular flexibility index (Phi) is 11.0. The van der Waals surface area contributed by atoms with Crippen molar-refractivity contribution < 1.29 is 24.2 Å². The number of rotatable bonds is 14. The Balaban J connectivity index is 0.0000109. The van der Waals surface area contributed by atoms with E-state index >= 15 is 0 Å². The Morgan fingerprint density at radius 3 is 2.18 bits per heavy atom. The maximum Gasteiger partial charge on any atom is 0.243 e. The third-order valence-electron chi connectivity index (χ3n) is 5.04. The first-order valence-electron chi connectivity index (χ1n) is 10.7. The van der Waals surface area contributed by atoms with Crippen molar-refractivity contribution in [3.05, 3.63) is 35.4 Å². The molecule has 0 aromatic heterocycles. The zero-order valence-electron chi connectivity index (χ0n) is 19.2. The molecule has 3 atom stereocenters. The van der Waals surface area contributed by atoms with Gasteiger partial charge in [-0.3, -0.25) is 19.8 Å². The molecule has 0 saturated carbocycles. The molecule has 8 N–H and O–H groups in total. The molecule has 0 aliphatic rings. The Bertz CT molecular complexity index is 955. The third kappa shape index (κ3) is 9.58. The van der Waals surface area contributed by atoms with Crippen molar-refractivity contribution in [2.75, 3.05) is 5.75 Å². The molecule has 0 heterocycles. The van der Waals surface area contributed by atoms with E-state index in [0.717, 1.165) is 0 Å². The van der Waals surface area contributed by atoms with Gasteiger partial charge in [0.2, 0.25) is 27.7 Å². The largest absolute Gasteiger partial charge is 0.384 e. The van der Waals surface area contributed by atoms with Gasteiger partial charge in [-0.1, -0.05) is 51.5 Å². The number of carbonyl (C=O) groups excluding carboxylic acids is 3. The molecular weight excluding hydrogens is 448 g/mol. The molecule has 0 bridgehead atoms. The second-order valence-corrected chi connectivity index (χ2v) is 9.73. The van der Waals surface area contributed by atoms with Crippen molar-refractivity contribution in [3.8, 4) is 0 Å². The van der Waals surface area contributed by atoms with Gasteiger partial charge < -0.3 is 22.1 Å². The summed E-state index contributed by atoms with van der Waals surface area (Å²) in [5, 5.41) is 12.5. The van der Waals surface area contributed by atoms with E-state index in [1.54, 1.807) is 38.1 Å². The molecule has 0 radical (unpaired) electrons. The molecule has 1 unspecified atom stereocenters. The Morgan fingerprint density at radius 1 is 1.09 bits per heavy atom. The molecule has 0 fully saturated rings. The molecule has 1 rings (SSSR count). The highest BCUT2D eigenvalue weighted by Gasteiger charge is 2.32. The van der Waals surface area contributed by atoms with Crippen LogP contribution in [-0.4, -0.2) is 49.8 Å². The number of amides is 3. The molecule has 33 heavy (non-hydrogen) atoms. The van der Waals surface area contributed by atoms with E-state index in [1.807, 2.05) is 6.92 Å². The van der Waals surface area contributed by atoms with Gasteiger partial charge in [0.15, 0.2) is 0 Å². The van der Waals surface area contributed by atoms with Crippen LogP contribution in [0.3, 0.4) is 0 Å². The Labute approximate surface area is 196 Å². The van der Waals surface area contributed by atoms with E-state index in [9.17, 15) is 22.8 Å². The number of nitrogens with one attached hydrogen (secondary N) is 4. The van der Waals surface area contributed by atoms with E-state index < -0.39 is 46.2 Å². The highest BCUT2D eigenvalue weighted by Crippen LogP contribution is 2.11. The van der Waals surface area contributed by atoms with Crippen molar-refractivity contribution in [1.29, 1.82) is 5.41 Å². The smallest absolute Gasteiger partial charge is 0.243 e. The first kappa shape index (κ1) is 28.0. The zero-order chi connectivity index (χ0) is 25.2. The summed E-state index contributed by atoms with van der Waals surface area (Å²) in [4.78, 5) is 37.1. The summed E-state index contributed by atoms with van der Waals surface area (Å²) in [6.07, 6.45) is 0.440. The minimum absolute atomic E-state index is 0. The molecule has 3 amide bonds. The number of sulfonamides is 1. The average Bonchev–Trinajstić information content (AvgIpc) is 2.74. The number of carbonyl (C=O) groups is 3. The van der Waals surface area contributed by atoms with E-state index in [4.69, 9.17) is 16.9 Å². The predicted molar refractivity (Wildman–Crippen MR) is 128 cm³/mol. The molecule has 0 saturated heterocycles. The van der Waals surface area contributed by atoms with Crippen molar-refractivity contribution in [2.45, 2.75) is 58.7 Å². The van der Waals surface area contributed by atoms with Gasteiger partial charge in [-0.05, 0) is 17.9 Å². The molecule has 12 heteroatoms. The number of hydrogen-bond acceptors (Lipinski definition) is 6. The van der Waals surface area contributed by atoms with Crippen LogP contribution >= 0.6 is 0 Å². The van der Waals surface area contributed by atoms with Crippen LogP contribution < -0.4 is 26.8 Å². The van der Waals surface area contributed by atoms with Gasteiger partial charge in [-0.15, -0.1) is 0 Å². The number of nitrogens with two attached hydrogens (primary N) is 2. The van der Waals surface area contributed by atoms with Gasteiger partial charge in [0.25, 0.3) is 0 Å². The van der Waals surface area contributed by atoms with Gasteiger partial charge in [-0.25, -0.2) is 13.1 Å². The second kappa shape index (κ2) is 12.9. The van der Waals surface area contributed by atoms with Crippen molar-refractivity contribution in [3.63, 3.8) is 0 Å². The van der Waals surface area contributed by atoms with Crippen molar-refractivity contribution >= 4 is 33.6 Å². The van der Waals surface area contributed by atoms with Crippen LogP contribution in [0, 0.1) is 11.3 Å². The third-order valence-corrected chi connectivity index (χ3v) is 6.60. The van der Waals surface area contributed by atoms with Crippen LogP contribution in [0.15, 0.2) is 24.3 Å². The van der Waals surface area contributed by atoms with Gasteiger partial charge in [-0.2, -0.15) is 0 Å². The van der Waals surface area contributed by atoms with Gasteiger partial charge >= 0.3 is 0 Å². The lowest BCUT2D eigenvalue weighted by Gasteiger charge is -2.26. The van der Waals surface area contributed by atoms with E-state index in [1.165, 1.54) is 0 Å². The fraction of sp³-hybridized carbons (Fsp3) is 0.524. The summed E-state index contributed by atoms with van der Waals surface area (Å²) in [5.74, 6) is -2.73. The summed E-state index contributed by atoms with van der Waals surface area (Å²) in [5.41, 5.74) is 11.9. The van der Waals surface area contributed by atoms with Crippen LogP contribution in [0.5, 0.6) is 0 Å². The fourth-order valence-electron chi connectivity index (χ4n) is 2.97. The maximum absolute atomic E-state index is 12.9. The minimum Gasteiger partial charge on any atom is -0.384 e. The van der Waals surface area contributed by atoms with Gasteiger partial charge in [0.05, 0.1) is 12.2 Å². The Hall–Kier alpha value is -2.99. The topological polar surface area (TPSA) is 197 Å². The molecule has 1 aromatic carbocycles. The molecule has 0 aliphatic heterocycles. The van der Waals surface area contributed by atoms with E-state index in [-0.39, 0.29) is 25.5 Å². The lowest BCUT2D eigenvalue weighted by atomic mass is 9.99. The molecule has 0 aliphatic carbocycles. The van der Waals surface area contributed by atoms with Gasteiger partial charge in [0, 0.05) is 13.5 Å². The summed E-state index contributed by atoms with van der Waals surface area (Å²) in [7, 11) is -3.69. The summed E-state index contributed by atoms with van der Waals surface area (Å²) in [6.45, 7) is 5.33. The monoisotopic (exact) mass is 484 g/mol. The maximum atomic E-state index is 12.9. The summed E-state index contributed by atoms with van der Waals surface area (Å²) < 4.78 is 26.8. The van der Waals surface area contributed by atoms with E-state index in [0.29, 0.717) is 24.0 Å². The van der Waals surface area contributed by atoms with Crippen LogP contribution in [0.2, 0.25) is 0 Å². The number of benzene rings is 1.